The van der Waals surface area contributed by atoms with Gasteiger partial charge in [0.2, 0.25) is 5.95 Å². The topological polar surface area (TPSA) is 118 Å². The lowest BCUT2D eigenvalue weighted by atomic mass is 10.6. The number of amides is 1. The molecule has 68 valence electrons. The number of hydrogen-bond donors (Lipinski definition) is 2. The fourth-order valence-electron chi connectivity index (χ4n) is 0.576. The van der Waals surface area contributed by atoms with Gasteiger partial charge in [0.25, 0.3) is 0 Å². The van der Waals surface area contributed by atoms with Crippen LogP contribution in [0.2, 0.25) is 0 Å². The molecule has 0 saturated heterocycles. The molecule has 0 aromatic carbocycles. The summed E-state index contributed by atoms with van der Waals surface area (Å²) in [4.78, 5) is 26.3. The molecule has 0 saturated carbocycles. The zero-order valence-corrected chi connectivity index (χ0v) is 6.17. The highest BCUT2D eigenvalue weighted by molar-refractivity contribution is 5.80. The number of carbonyl (C=O) groups is 1. The van der Waals surface area contributed by atoms with Crippen molar-refractivity contribution in [1.29, 1.82) is 0 Å². The first kappa shape index (κ1) is 8.84. The maximum Gasteiger partial charge on any atom is 0.411 e. The summed E-state index contributed by atoms with van der Waals surface area (Å²) in [5.41, 5.74) is -0.295. The van der Waals surface area contributed by atoms with E-state index in [0.717, 1.165) is 12.4 Å². The van der Waals surface area contributed by atoms with Gasteiger partial charge in [-0.25, -0.2) is 14.8 Å². The first-order valence-corrected chi connectivity index (χ1v) is 3.06. The Kier molecular flexibility index (Phi) is 2.33. The van der Waals surface area contributed by atoms with Crippen LogP contribution in [0.4, 0.5) is 16.4 Å². The van der Waals surface area contributed by atoms with Gasteiger partial charge in [0.15, 0.2) is 0 Å². The molecule has 0 unspecified atom stereocenters. The van der Waals surface area contributed by atoms with E-state index in [2.05, 4.69) is 9.97 Å². The molecule has 0 aliphatic carbocycles. The third-order valence-electron chi connectivity index (χ3n) is 1.07. The Balaban J connectivity index is 2.81. The maximum atomic E-state index is 10.1. The second kappa shape index (κ2) is 3.43. The number of nitro groups is 1. The van der Waals surface area contributed by atoms with Crippen molar-refractivity contribution in [3.63, 3.8) is 0 Å². The van der Waals surface area contributed by atoms with E-state index < -0.39 is 11.0 Å². The normalized spacial score (nSPS) is 9.23. The van der Waals surface area contributed by atoms with Gasteiger partial charge in [0.1, 0.15) is 12.4 Å². The van der Waals surface area contributed by atoms with Crippen LogP contribution in [0.5, 0.6) is 0 Å². The zero-order valence-electron chi connectivity index (χ0n) is 6.17. The van der Waals surface area contributed by atoms with Crippen LogP contribution in [0.25, 0.3) is 0 Å². The second-order valence-electron chi connectivity index (χ2n) is 1.95. The average molecular weight is 184 g/mol. The number of carboxylic acid groups (broad SMARTS) is 1. The molecule has 0 radical (unpaired) electrons. The molecule has 0 fully saturated rings. The van der Waals surface area contributed by atoms with E-state index >= 15 is 0 Å². The van der Waals surface area contributed by atoms with Crippen LogP contribution < -0.4 is 5.32 Å². The Morgan fingerprint density at radius 3 is 2.46 bits per heavy atom. The fraction of sp³-hybridized carbons (Fsp3) is 0. The van der Waals surface area contributed by atoms with Gasteiger partial charge in [-0.3, -0.25) is 15.4 Å². The van der Waals surface area contributed by atoms with Crippen LogP contribution in [0, 0.1) is 10.1 Å². The van der Waals surface area contributed by atoms with Crippen molar-refractivity contribution < 1.29 is 14.8 Å². The molecule has 1 amide bonds. The molecule has 1 heterocycles. The molecule has 1 aromatic rings. The monoisotopic (exact) mass is 184 g/mol. The van der Waals surface area contributed by atoms with Crippen molar-refractivity contribution in [2.24, 2.45) is 0 Å². The largest absolute Gasteiger partial charge is 0.465 e. The highest BCUT2D eigenvalue weighted by atomic mass is 16.6. The molecule has 13 heavy (non-hydrogen) atoms. The van der Waals surface area contributed by atoms with Crippen LogP contribution in [0.3, 0.4) is 0 Å². The summed E-state index contributed by atoms with van der Waals surface area (Å²) in [6, 6.07) is 0. The number of hydrogen-bond acceptors (Lipinski definition) is 5. The molecular formula is C5H4N4O4. The molecule has 0 spiro atoms. The van der Waals surface area contributed by atoms with Crippen molar-refractivity contribution in [2.75, 3.05) is 5.32 Å². The van der Waals surface area contributed by atoms with E-state index in [4.69, 9.17) is 5.11 Å². The summed E-state index contributed by atoms with van der Waals surface area (Å²) in [5, 5.41) is 20.2. The Bertz CT molecular complexity index is 335. The smallest absolute Gasteiger partial charge is 0.411 e. The van der Waals surface area contributed by atoms with Gasteiger partial charge < -0.3 is 5.11 Å². The van der Waals surface area contributed by atoms with Crippen molar-refractivity contribution in [2.45, 2.75) is 0 Å². The SMILES string of the molecule is O=C(O)Nc1ncc([N+](=O)[O-])cn1. The minimum absolute atomic E-state index is 0.196. The van der Waals surface area contributed by atoms with Crippen LogP contribution in [-0.4, -0.2) is 26.1 Å². The summed E-state index contributed by atoms with van der Waals surface area (Å²) in [7, 11) is 0. The summed E-state index contributed by atoms with van der Waals surface area (Å²) < 4.78 is 0. The van der Waals surface area contributed by atoms with Gasteiger partial charge >= 0.3 is 11.8 Å². The van der Waals surface area contributed by atoms with Gasteiger partial charge in [0, 0.05) is 0 Å². The van der Waals surface area contributed by atoms with Crippen LogP contribution >= 0.6 is 0 Å². The predicted molar refractivity (Wildman–Crippen MR) is 40.3 cm³/mol. The van der Waals surface area contributed by atoms with E-state index in [1.54, 1.807) is 0 Å². The first-order valence-electron chi connectivity index (χ1n) is 3.06. The Labute approximate surface area is 71.4 Å². The minimum Gasteiger partial charge on any atom is -0.465 e. The van der Waals surface area contributed by atoms with E-state index in [9.17, 15) is 14.9 Å². The molecule has 8 heteroatoms. The maximum absolute atomic E-state index is 10.1. The van der Waals surface area contributed by atoms with E-state index in [1.807, 2.05) is 5.32 Å². The number of nitrogens with zero attached hydrogens (tertiary/aromatic N) is 3. The molecule has 0 aliphatic rings. The van der Waals surface area contributed by atoms with Crippen LogP contribution in [-0.2, 0) is 0 Å². The third kappa shape index (κ3) is 2.36. The van der Waals surface area contributed by atoms with Gasteiger partial charge in [-0.1, -0.05) is 0 Å². The second-order valence-corrected chi connectivity index (χ2v) is 1.95. The van der Waals surface area contributed by atoms with Crippen molar-refractivity contribution in [3.05, 3.63) is 22.5 Å². The van der Waals surface area contributed by atoms with Gasteiger partial charge in [-0.15, -0.1) is 0 Å². The van der Waals surface area contributed by atoms with Gasteiger partial charge in [-0.2, -0.15) is 0 Å². The Hall–Kier alpha value is -2.25. The summed E-state index contributed by atoms with van der Waals surface area (Å²) in [5.74, 6) is -0.196. The lowest BCUT2D eigenvalue weighted by molar-refractivity contribution is -0.385. The summed E-state index contributed by atoms with van der Waals surface area (Å²) in [6.45, 7) is 0. The van der Waals surface area contributed by atoms with E-state index in [1.165, 1.54) is 0 Å². The number of nitrogens with one attached hydrogen (secondary N) is 1. The van der Waals surface area contributed by atoms with E-state index in [0.29, 0.717) is 0 Å². The molecule has 0 aliphatic heterocycles. The molecule has 8 nitrogen and oxygen atoms in total. The highest BCUT2D eigenvalue weighted by Gasteiger charge is 2.07. The summed E-state index contributed by atoms with van der Waals surface area (Å²) in [6.07, 6.45) is 0.505. The fourth-order valence-corrected chi connectivity index (χ4v) is 0.576. The molecule has 1 rings (SSSR count). The van der Waals surface area contributed by atoms with Crippen molar-refractivity contribution in [1.82, 2.24) is 9.97 Å². The molecule has 0 atom stereocenters. The van der Waals surface area contributed by atoms with Gasteiger partial charge in [-0.05, 0) is 0 Å². The van der Waals surface area contributed by atoms with Crippen molar-refractivity contribution in [3.8, 4) is 0 Å². The van der Waals surface area contributed by atoms with Crippen LogP contribution in [0.15, 0.2) is 12.4 Å². The lowest BCUT2D eigenvalue weighted by Gasteiger charge is -1.95. The Morgan fingerprint density at radius 2 is 2.08 bits per heavy atom. The first-order chi connectivity index (χ1) is 6.09. The summed E-state index contributed by atoms with van der Waals surface area (Å²) >= 11 is 0. The van der Waals surface area contributed by atoms with Crippen LogP contribution in [0.1, 0.15) is 0 Å². The molecule has 2 N–H and O–H groups in total. The average Bonchev–Trinajstić information content (AvgIpc) is 2.04. The predicted octanol–water partition coefficient (Wildman–Crippen LogP) is 0.475. The van der Waals surface area contributed by atoms with Crippen molar-refractivity contribution >= 4 is 17.7 Å². The Morgan fingerprint density at radius 1 is 1.54 bits per heavy atom. The zero-order chi connectivity index (χ0) is 9.84. The molecule has 0 bridgehead atoms. The highest BCUT2D eigenvalue weighted by Crippen LogP contribution is 2.07. The number of rotatable bonds is 2. The quantitative estimate of drug-likeness (QED) is 0.509. The lowest BCUT2D eigenvalue weighted by Crippen LogP contribution is -2.10. The number of aromatic nitrogens is 2. The molecule has 1 aromatic heterocycles. The van der Waals surface area contributed by atoms with E-state index in [-0.39, 0.29) is 11.6 Å². The third-order valence-corrected chi connectivity index (χ3v) is 1.07. The van der Waals surface area contributed by atoms with Gasteiger partial charge in [0.05, 0.1) is 4.92 Å². The molecular weight excluding hydrogens is 180 g/mol. The number of anilines is 1. The standard InChI is InChI=1S/C5H4N4O4/c10-5(11)8-4-6-1-3(2-7-4)9(12)13/h1-2H,(H,10,11)(H,6,7,8). The minimum atomic E-state index is -1.33.